The van der Waals surface area contributed by atoms with Crippen LogP contribution in [0, 0.1) is 5.82 Å². The molecule has 0 fully saturated rings. The zero-order chi connectivity index (χ0) is 14.4. The first-order valence-electron chi connectivity index (χ1n) is 6.99. The minimum absolute atomic E-state index is 0.219. The molecule has 0 radical (unpaired) electrons. The highest BCUT2D eigenvalue weighted by Crippen LogP contribution is 2.28. The Bertz CT molecular complexity index is 551. The summed E-state index contributed by atoms with van der Waals surface area (Å²) >= 11 is 0. The molecule has 0 aromatic heterocycles. The molecule has 0 aliphatic heterocycles. The molecule has 0 bridgehead atoms. The molecule has 2 nitrogen and oxygen atoms in total. The van der Waals surface area contributed by atoms with Gasteiger partial charge in [-0.1, -0.05) is 37.6 Å². The highest BCUT2D eigenvalue weighted by atomic mass is 19.1. The van der Waals surface area contributed by atoms with Gasteiger partial charge in [0.25, 0.3) is 0 Å². The smallest absolute Gasteiger partial charge is 0.167 e. The fraction of sp³-hybridized carbons (Fsp3) is 0.294. The largest absolute Gasteiger partial charge is 0.454 e. The number of hydrogen-bond donors (Lipinski definition) is 1. The molecule has 2 N–H and O–H groups in total. The standard InChI is InChI=1S/C17H20FNO/c1-2-3-5-13-8-10-15(11-9-13)20-17-14(12-19)6-4-7-16(17)18/h4,6-11H,2-3,5,12,19H2,1H3. The molecule has 3 heteroatoms. The lowest BCUT2D eigenvalue weighted by molar-refractivity contribution is 0.436. The van der Waals surface area contributed by atoms with Gasteiger partial charge in [0.05, 0.1) is 0 Å². The first kappa shape index (κ1) is 14.5. The molecular weight excluding hydrogens is 253 g/mol. The molecule has 0 aliphatic carbocycles. The summed E-state index contributed by atoms with van der Waals surface area (Å²) < 4.78 is 19.4. The van der Waals surface area contributed by atoms with E-state index in [-0.39, 0.29) is 18.1 Å². The van der Waals surface area contributed by atoms with Crippen LogP contribution in [0.1, 0.15) is 30.9 Å². The van der Waals surface area contributed by atoms with Crippen molar-refractivity contribution in [2.75, 3.05) is 0 Å². The topological polar surface area (TPSA) is 35.2 Å². The zero-order valence-corrected chi connectivity index (χ0v) is 11.7. The zero-order valence-electron chi connectivity index (χ0n) is 11.7. The van der Waals surface area contributed by atoms with Gasteiger partial charge in [-0.05, 0) is 36.6 Å². The number of ether oxygens (including phenoxy) is 1. The number of aryl methyl sites for hydroxylation is 1. The summed E-state index contributed by atoms with van der Waals surface area (Å²) in [6, 6.07) is 12.6. The van der Waals surface area contributed by atoms with Crippen molar-refractivity contribution >= 4 is 0 Å². The van der Waals surface area contributed by atoms with Crippen molar-refractivity contribution in [3.8, 4) is 11.5 Å². The third-order valence-corrected chi connectivity index (χ3v) is 3.23. The van der Waals surface area contributed by atoms with Gasteiger partial charge >= 0.3 is 0 Å². The molecule has 0 unspecified atom stereocenters. The fourth-order valence-corrected chi connectivity index (χ4v) is 2.05. The van der Waals surface area contributed by atoms with Crippen LogP contribution in [-0.2, 0) is 13.0 Å². The van der Waals surface area contributed by atoms with Gasteiger partial charge in [0.1, 0.15) is 5.75 Å². The molecule has 2 aromatic rings. The maximum absolute atomic E-state index is 13.8. The summed E-state index contributed by atoms with van der Waals surface area (Å²) in [6.07, 6.45) is 3.41. The van der Waals surface area contributed by atoms with Crippen LogP contribution in [0.15, 0.2) is 42.5 Å². The Kier molecular flexibility index (Phi) is 5.13. The van der Waals surface area contributed by atoms with Crippen LogP contribution in [0.25, 0.3) is 0 Å². The van der Waals surface area contributed by atoms with Gasteiger partial charge in [-0.25, -0.2) is 4.39 Å². The number of hydrogen-bond acceptors (Lipinski definition) is 2. The summed E-state index contributed by atoms with van der Waals surface area (Å²) in [5.74, 6) is 0.462. The molecule has 2 rings (SSSR count). The number of rotatable bonds is 6. The lowest BCUT2D eigenvalue weighted by atomic mass is 10.1. The molecule has 106 valence electrons. The van der Waals surface area contributed by atoms with E-state index in [0.29, 0.717) is 11.3 Å². The van der Waals surface area contributed by atoms with E-state index in [1.165, 1.54) is 24.5 Å². The van der Waals surface area contributed by atoms with Crippen molar-refractivity contribution in [3.63, 3.8) is 0 Å². The Morgan fingerprint density at radius 3 is 2.50 bits per heavy atom. The van der Waals surface area contributed by atoms with Crippen molar-refractivity contribution in [3.05, 3.63) is 59.4 Å². The first-order chi connectivity index (χ1) is 9.74. The Hall–Kier alpha value is -1.87. The highest BCUT2D eigenvalue weighted by Gasteiger charge is 2.09. The van der Waals surface area contributed by atoms with E-state index in [0.717, 1.165) is 6.42 Å². The third-order valence-electron chi connectivity index (χ3n) is 3.23. The first-order valence-corrected chi connectivity index (χ1v) is 6.99. The second-order valence-corrected chi connectivity index (χ2v) is 4.78. The monoisotopic (exact) mass is 273 g/mol. The van der Waals surface area contributed by atoms with Crippen molar-refractivity contribution in [2.45, 2.75) is 32.7 Å². The molecule has 20 heavy (non-hydrogen) atoms. The van der Waals surface area contributed by atoms with E-state index in [4.69, 9.17) is 10.5 Å². The van der Waals surface area contributed by atoms with Crippen LogP contribution < -0.4 is 10.5 Å². The van der Waals surface area contributed by atoms with Crippen LogP contribution in [-0.4, -0.2) is 0 Å². The Morgan fingerprint density at radius 2 is 1.85 bits per heavy atom. The molecule has 0 saturated heterocycles. The number of unbranched alkanes of at least 4 members (excludes halogenated alkanes) is 1. The average molecular weight is 273 g/mol. The Balaban J connectivity index is 2.14. The van der Waals surface area contributed by atoms with Crippen LogP contribution in [0.5, 0.6) is 11.5 Å². The predicted molar refractivity (Wildman–Crippen MR) is 79.4 cm³/mol. The molecule has 0 saturated carbocycles. The van der Waals surface area contributed by atoms with Gasteiger partial charge in [0.2, 0.25) is 0 Å². The normalized spacial score (nSPS) is 10.6. The lowest BCUT2D eigenvalue weighted by Crippen LogP contribution is -2.01. The van der Waals surface area contributed by atoms with Crippen LogP contribution >= 0.6 is 0 Å². The summed E-state index contributed by atoms with van der Waals surface area (Å²) in [6.45, 7) is 2.42. The Labute approximate surface area is 119 Å². The minimum atomic E-state index is -0.386. The lowest BCUT2D eigenvalue weighted by Gasteiger charge is -2.11. The SMILES string of the molecule is CCCCc1ccc(Oc2c(F)cccc2CN)cc1. The summed E-state index contributed by atoms with van der Waals surface area (Å²) in [4.78, 5) is 0. The van der Waals surface area contributed by atoms with E-state index < -0.39 is 0 Å². The van der Waals surface area contributed by atoms with E-state index >= 15 is 0 Å². The number of halogens is 1. The molecule has 0 heterocycles. The van der Waals surface area contributed by atoms with Crippen molar-refractivity contribution in [2.24, 2.45) is 5.73 Å². The van der Waals surface area contributed by atoms with Gasteiger partial charge in [0, 0.05) is 12.1 Å². The van der Waals surface area contributed by atoms with Crippen LogP contribution in [0.4, 0.5) is 4.39 Å². The van der Waals surface area contributed by atoms with Gasteiger partial charge in [-0.3, -0.25) is 0 Å². The fourth-order valence-electron chi connectivity index (χ4n) is 2.05. The summed E-state index contributed by atoms with van der Waals surface area (Å²) in [7, 11) is 0. The van der Waals surface area contributed by atoms with E-state index in [2.05, 4.69) is 6.92 Å². The van der Waals surface area contributed by atoms with E-state index in [9.17, 15) is 4.39 Å². The molecule has 0 atom stereocenters. The van der Waals surface area contributed by atoms with Crippen molar-refractivity contribution < 1.29 is 9.13 Å². The van der Waals surface area contributed by atoms with Gasteiger partial charge in [-0.15, -0.1) is 0 Å². The van der Waals surface area contributed by atoms with Crippen LogP contribution in [0.3, 0.4) is 0 Å². The second-order valence-electron chi connectivity index (χ2n) is 4.78. The Morgan fingerprint density at radius 1 is 1.10 bits per heavy atom. The van der Waals surface area contributed by atoms with Gasteiger partial charge in [-0.2, -0.15) is 0 Å². The quantitative estimate of drug-likeness (QED) is 0.845. The maximum Gasteiger partial charge on any atom is 0.167 e. The molecule has 2 aromatic carbocycles. The molecule has 0 aliphatic rings. The van der Waals surface area contributed by atoms with Crippen molar-refractivity contribution in [1.82, 2.24) is 0 Å². The number of nitrogens with two attached hydrogens (primary N) is 1. The van der Waals surface area contributed by atoms with Crippen LogP contribution in [0.2, 0.25) is 0 Å². The second kappa shape index (κ2) is 7.06. The molecular formula is C17H20FNO. The summed E-state index contributed by atoms with van der Waals surface area (Å²) in [5.41, 5.74) is 7.54. The van der Waals surface area contributed by atoms with E-state index in [1.807, 2.05) is 24.3 Å². The number of para-hydroxylation sites is 1. The molecule has 0 spiro atoms. The predicted octanol–water partition coefficient (Wildman–Crippen LogP) is 4.42. The maximum atomic E-state index is 13.8. The number of benzene rings is 2. The minimum Gasteiger partial charge on any atom is -0.454 e. The van der Waals surface area contributed by atoms with E-state index in [1.54, 1.807) is 12.1 Å². The molecule has 0 amide bonds. The average Bonchev–Trinajstić information content (AvgIpc) is 2.48. The summed E-state index contributed by atoms with van der Waals surface area (Å²) in [5, 5.41) is 0. The third kappa shape index (κ3) is 3.58. The van der Waals surface area contributed by atoms with Crippen molar-refractivity contribution in [1.29, 1.82) is 0 Å². The van der Waals surface area contributed by atoms with Gasteiger partial charge in [0.15, 0.2) is 11.6 Å². The van der Waals surface area contributed by atoms with Gasteiger partial charge < -0.3 is 10.5 Å². The highest BCUT2D eigenvalue weighted by molar-refractivity contribution is 5.39.